The monoisotopic (exact) mass is 500 g/mol. The van der Waals surface area contributed by atoms with Gasteiger partial charge in [-0.05, 0) is 66.6 Å². The summed E-state index contributed by atoms with van der Waals surface area (Å²) in [6, 6.07) is 14.4. The lowest BCUT2D eigenvalue weighted by atomic mass is 9.99. The Morgan fingerprint density at radius 2 is 1.46 bits per heavy atom. The van der Waals surface area contributed by atoms with Gasteiger partial charge >= 0.3 is 12.8 Å². The molecule has 0 spiro atoms. The van der Waals surface area contributed by atoms with Crippen LogP contribution in [0.3, 0.4) is 0 Å². The van der Waals surface area contributed by atoms with Crippen molar-refractivity contribution in [2.24, 2.45) is 0 Å². The van der Waals surface area contributed by atoms with Crippen molar-refractivity contribution in [1.29, 1.82) is 0 Å². The molecular formula is C25H22F6O4. The van der Waals surface area contributed by atoms with Crippen molar-refractivity contribution in [2.75, 3.05) is 13.2 Å². The molecule has 3 aromatic rings. The highest BCUT2D eigenvalue weighted by molar-refractivity contribution is 5.37. The molecule has 35 heavy (non-hydrogen) atoms. The Hall–Kier alpha value is -3.40. The van der Waals surface area contributed by atoms with E-state index < -0.39 is 31.1 Å². The van der Waals surface area contributed by atoms with Crippen LogP contribution in [0.5, 0.6) is 23.0 Å². The minimum absolute atomic E-state index is 0.0309. The molecule has 0 radical (unpaired) electrons. The van der Waals surface area contributed by atoms with Crippen LogP contribution in [-0.2, 0) is 11.3 Å². The molecule has 4 nitrogen and oxygen atoms in total. The molecule has 0 N–H and O–H groups in total. The van der Waals surface area contributed by atoms with Gasteiger partial charge in [0.2, 0.25) is 0 Å². The second-order valence-electron chi connectivity index (χ2n) is 7.33. The van der Waals surface area contributed by atoms with Gasteiger partial charge in [-0.15, -0.1) is 0 Å². The Morgan fingerprint density at radius 3 is 2.06 bits per heavy atom. The lowest BCUT2D eigenvalue weighted by Gasteiger charge is -2.21. The number of hydrogen-bond donors (Lipinski definition) is 0. The first-order valence-corrected chi connectivity index (χ1v) is 10.5. The van der Waals surface area contributed by atoms with Crippen LogP contribution in [0.25, 0.3) is 0 Å². The molecule has 0 bridgehead atoms. The molecule has 0 aliphatic rings. The lowest BCUT2D eigenvalue weighted by molar-refractivity contribution is -0.163. The van der Waals surface area contributed by atoms with Crippen molar-refractivity contribution >= 4 is 0 Å². The third-order valence-electron chi connectivity index (χ3n) is 4.81. The van der Waals surface area contributed by atoms with E-state index >= 15 is 0 Å². The summed E-state index contributed by atoms with van der Waals surface area (Å²) in [6.07, 6.45) is -4.54. The molecule has 0 amide bonds. The fourth-order valence-corrected chi connectivity index (χ4v) is 3.17. The second kappa shape index (κ2) is 11.8. The van der Waals surface area contributed by atoms with Gasteiger partial charge in [0.25, 0.3) is 0 Å². The topological polar surface area (TPSA) is 36.9 Å². The number of hydrogen-bond acceptors (Lipinski definition) is 4. The smallest absolute Gasteiger partial charge is 0.397 e. The molecule has 1 unspecified atom stereocenters. The van der Waals surface area contributed by atoms with E-state index in [9.17, 15) is 26.3 Å². The van der Waals surface area contributed by atoms with E-state index in [0.717, 1.165) is 6.07 Å². The Balaban J connectivity index is 1.64. The van der Waals surface area contributed by atoms with E-state index in [1.54, 1.807) is 6.92 Å². The zero-order valence-corrected chi connectivity index (χ0v) is 18.5. The van der Waals surface area contributed by atoms with Crippen LogP contribution in [0, 0.1) is 5.82 Å². The van der Waals surface area contributed by atoms with Crippen molar-refractivity contribution in [1.82, 2.24) is 0 Å². The summed E-state index contributed by atoms with van der Waals surface area (Å²) in [5, 5.41) is 0. The van der Waals surface area contributed by atoms with Gasteiger partial charge in [0.15, 0.2) is 11.6 Å². The van der Waals surface area contributed by atoms with Crippen molar-refractivity contribution in [3.8, 4) is 23.0 Å². The summed E-state index contributed by atoms with van der Waals surface area (Å²) in [5.74, 6) is -2.26. The lowest BCUT2D eigenvalue weighted by Crippen LogP contribution is -2.25. The van der Waals surface area contributed by atoms with Crippen LogP contribution in [0.2, 0.25) is 0 Å². The van der Waals surface area contributed by atoms with Crippen molar-refractivity contribution in [3.05, 3.63) is 83.7 Å². The van der Waals surface area contributed by atoms with E-state index in [1.165, 1.54) is 60.7 Å². The summed E-state index contributed by atoms with van der Waals surface area (Å²) < 4.78 is 99.7. The van der Waals surface area contributed by atoms with E-state index in [-0.39, 0.29) is 29.4 Å². The SMILES string of the molecule is CCOc1ccc(C(COCc2ccc(F)c(Oc3ccc(OC(F)F)cc3)c2)C(F)(F)F)cc1. The summed E-state index contributed by atoms with van der Waals surface area (Å²) in [6.45, 7) is -1.68. The van der Waals surface area contributed by atoms with E-state index in [0.29, 0.717) is 17.9 Å². The standard InChI is InChI=1S/C25H22F6O4/c1-2-33-18-6-4-17(5-7-18)21(25(29,30)31)15-32-14-16-3-12-22(26)23(13-16)34-19-8-10-20(11-9-19)35-24(27)28/h3-13,21,24H,2,14-15H2,1H3. The molecule has 1 atom stereocenters. The van der Waals surface area contributed by atoms with E-state index in [4.69, 9.17) is 14.2 Å². The third-order valence-corrected chi connectivity index (χ3v) is 4.81. The summed E-state index contributed by atoms with van der Waals surface area (Å²) in [7, 11) is 0. The largest absolute Gasteiger partial charge is 0.494 e. The Morgan fingerprint density at radius 1 is 0.829 bits per heavy atom. The summed E-state index contributed by atoms with van der Waals surface area (Å²) in [4.78, 5) is 0. The van der Waals surface area contributed by atoms with Gasteiger partial charge in [-0.25, -0.2) is 4.39 Å². The predicted molar refractivity (Wildman–Crippen MR) is 116 cm³/mol. The number of rotatable bonds is 11. The molecule has 0 saturated heterocycles. The number of ether oxygens (including phenoxy) is 4. The van der Waals surface area contributed by atoms with Crippen molar-refractivity contribution in [2.45, 2.75) is 32.2 Å². The van der Waals surface area contributed by atoms with Crippen molar-refractivity contribution in [3.63, 3.8) is 0 Å². The van der Waals surface area contributed by atoms with E-state index in [2.05, 4.69) is 4.74 Å². The first-order valence-electron chi connectivity index (χ1n) is 10.5. The fourth-order valence-electron chi connectivity index (χ4n) is 3.17. The highest BCUT2D eigenvalue weighted by Gasteiger charge is 2.40. The number of benzene rings is 3. The van der Waals surface area contributed by atoms with Crippen LogP contribution in [0.1, 0.15) is 24.0 Å². The molecule has 0 saturated carbocycles. The Kier molecular flexibility index (Phi) is 8.86. The molecule has 0 fully saturated rings. The average molecular weight is 500 g/mol. The van der Waals surface area contributed by atoms with Gasteiger partial charge in [0.05, 0.1) is 19.8 Å². The maximum atomic E-state index is 14.2. The third kappa shape index (κ3) is 7.81. The zero-order valence-electron chi connectivity index (χ0n) is 18.5. The Bertz CT molecular complexity index is 1070. The molecule has 0 aliphatic carbocycles. The zero-order chi connectivity index (χ0) is 25.4. The minimum Gasteiger partial charge on any atom is -0.494 e. The molecule has 188 valence electrons. The maximum Gasteiger partial charge on any atom is 0.397 e. The van der Waals surface area contributed by atoms with Crippen LogP contribution < -0.4 is 14.2 Å². The van der Waals surface area contributed by atoms with Gasteiger partial charge < -0.3 is 18.9 Å². The van der Waals surface area contributed by atoms with Gasteiger partial charge in [0.1, 0.15) is 23.2 Å². The maximum absolute atomic E-state index is 14.2. The van der Waals surface area contributed by atoms with Crippen LogP contribution in [-0.4, -0.2) is 26.0 Å². The average Bonchev–Trinajstić information content (AvgIpc) is 2.80. The quantitative estimate of drug-likeness (QED) is 0.256. The van der Waals surface area contributed by atoms with Crippen LogP contribution in [0.15, 0.2) is 66.7 Å². The van der Waals surface area contributed by atoms with Crippen molar-refractivity contribution < 1.29 is 45.3 Å². The Labute approximate surface area is 198 Å². The van der Waals surface area contributed by atoms with Gasteiger partial charge in [-0.1, -0.05) is 18.2 Å². The molecule has 0 heterocycles. The second-order valence-corrected chi connectivity index (χ2v) is 7.33. The molecule has 0 aliphatic heterocycles. The number of alkyl halides is 5. The van der Waals surface area contributed by atoms with Crippen LogP contribution >= 0.6 is 0 Å². The number of halogens is 6. The van der Waals surface area contributed by atoms with Gasteiger partial charge in [0, 0.05) is 0 Å². The first-order chi connectivity index (χ1) is 16.7. The summed E-state index contributed by atoms with van der Waals surface area (Å²) in [5.41, 5.74) is 0.412. The predicted octanol–water partition coefficient (Wildman–Crippen LogP) is 7.48. The molecule has 10 heteroatoms. The van der Waals surface area contributed by atoms with Gasteiger partial charge in [-0.2, -0.15) is 22.0 Å². The first kappa shape index (κ1) is 26.2. The molecule has 0 aromatic heterocycles. The highest BCUT2D eigenvalue weighted by atomic mass is 19.4. The van der Waals surface area contributed by atoms with Gasteiger partial charge in [-0.3, -0.25) is 0 Å². The molecular weight excluding hydrogens is 478 g/mol. The molecule has 3 aromatic carbocycles. The van der Waals surface area contributed by atoms with Crippen LogP contribution in [0.4, 0.5) is 26.3 Å². The highest BCUT2D eigenvalue weighted by Crippen LogP contribution is 2.36. The molecule has 3 rings (SSSR count). The fraction of sp³-hybridized carbons (Fsp3) is 0.280. The minimum atomic E-state index is -4.54. The summed E-state index contributed by atoms with van der Waals surface area (Å²) >= 11 is 0. The normalized spacial score (nSPS) is 12.5. The van der Waals surface area contributed by atoms with E-state index in [1.807, 2.05) is 0 Å².